The first-order chi connectivity index (χ1) is 11.4. The van der Waals surface area contributed by atoms with Crippen LogP contribution >= 0.6 is 0 Å². The van der Waals surface area contributed by atoms with Crippen LogP contribution in [0.5, 0.6) is 0 Å². The van der Waals surface area contributed by atoms with Gasteiger partial charge in [-0.3, -0.25) is 4.68 Å². The van der Waals surface area contributed by atoms with Crippen molar-refractivity contribution in [2.45, 2.75) is 45.1 Å². The molecule has 5 nitrogen and oxygen atoms in total. The Kier molecular flexibility index (Phi) is 4.35. The van der Waals surface area contributed by atoms with Crippen molar-refractivity contribution in [1.29, 1.82) is 0 Å². The summed E-state index contributed by atoms with van der Waals surface area (Å²) in [6.45, 7) is 6.69. The Bertz CT molecular complexity index is 731. The summed E-state index contributed by atoms with van der Waals surface area (Å²) in [4.78, 5) is 12.3. The number of amides is 2. The SMILES string of the molecule is Cc1nn(C)c(C)c1[C@@H](C)NC(=O)NCC1(c2ccccc2)CC1. The lowest BCUT2D eigenvalue weighted by atomic mass is 9.96. The quantitative estimate of drug-likeness (QED) is 0.887. The fraction of sp³-hybridized carbons (Fsp3) is 0.474. The molecule has 5 heteroatoms. The Morgan fingerprint density at radius 3 is 2.50 bits per heavy atom. The monoisotopic (exact) mass is 326 g/mol. The lowest BCUT2D eigenvalue weighted by molar-refractivity contribution is 0.237. The fourth-order valence-corrected chi connectivity index (χ4v) is 3.50. The highest BCUT2D eigenvalue weighted by Crippen LogP contribution is 2.47. The smallest absolute Gasteiger partial charge is 0.315 e. The molecular weight excluding hydrogens is 300 g/mol. The molecule has 0 bridgehead atoms. The normalized spacial score (nSPS) is 16.5. The highest BCUT2D eigenvalue weighted by Gasteiger charge is 2.44. The van der Waals surface area contributed by atoms with Crippen LogP contribution in [0.4, 0.5) is 4.79 Å². The zero-order chi connectivity index (χ0) is 17.3. The number of carbonyl (C=O) groups is 1. The van der Waals surface area contributed by atoms with Gasteiger partial charge in [-0.2, -0.15) is 5.10 Å². The van der Waals surface area contributed by atoms with E-state index < -0.39 is 0 Å². The number of aromatic nitrogens is 2. The lowest BCUT2D eigenvalue weighted by Crippen LogP contribution is -2.41. The molecule has 2 N–H and O–H groups in total. The van der Waals surface area contributed by atoms with E-state index in [2.05, 4.69) is 40.0 Å². The van der Waals surface area contributed by atoms with Gasteiger partial charge in [0.2, 0.25) is 0 Å². The van der Waals surface area contributed by atoms with Gasteiger partial charge in [0.05, 0.1) is 11.7 Å². The molecule has 1 aromatic carbocycles. The third-order valence-electron chi connectivity index (χ3n) is 5.17. The topological polar surface area (TPSA) is 59.0 Å². The van der Waals surface area contributed by atoms with Gasteiger partial charge in [-0.05, 0) is 39.2 Å². The largest absolute Gasteiger partial charge is 0.337 e. The second-order valence-corrected chi connectivity index (χ2v) is 6.90. The fourth-order valence-electron chi connectivity index (χ4n) is 3.50. The van der Waals surface area contributed by atoms with Crippen molar-refractivity contribution in [1.82, 2.24) is 20.4 Å². The zero-order valence-electron chi connectivity index (χ0n) is 14.9. The number of hydrogen-bond donors (Lipinski definition) is 2. The maximum atomic E-state index is 12.3. The van der Waals surface area contributed by atoms with Gasteiger partial charge in [0.15, 0.2) is 0 Å². The molecule has 0 saturated heterocycles. The summed E-state index contributed by atoms with van der Waals surface area (Å²) in [7, 11) is 1.93. The molecule has 0 aliphatic heterocycles. The van der Waals surface area contributed by atoms with Crippen molar-refractivity contribution in [3.63, 3.8) is 0 Å². The first-order valence-electron chi connectivity index (χ1n) is 8.53. The summed E-state index contributed by atoms with van der Waals surface area (Å²) >= 11 is 0. The standard InChI is InChI=1S/C19H26N4O/c1-13(17-14(2)22-23(4)15(17)3)21-18(24)20-12-19(10-11-19)16-8-6-5-7-9-16/h5-9,13H,10-12H2,1-4H3,(H2,20,21,24)/t13-/m1/s1. The Morgan fingerprint density at radius 2 is 1.96 bits per heavy atom. The molecule has 1 aromatic heterocycles. The molecule has 1 atom stereocenters. The summed E-state index contributed by atoms with van der Waals surface area (Å²) in [5.74, 6) is 0. The maximum Gasteiger partial charge on any atom is 0.315 e. The van der Waals surface area contributed by atoms with Gasteiger partial charge < -0.3 is 10.6 Å². The van der Waals surface area contributed by atoms with E-state index in [1.165, 1.54) is 5.56 Å². The van der Waals surface area contributed by atoms with E-state index in [9.17, 15) is 4.79 Å². The number of nitrogens with zero attached hydrogens (tertiary/aromatic N) is 2. The third kappa shape index (κ3) is 3.16. The molecule has 0 unspecified atom stereocenters. The summed E-state index contributed by atoms with van der Waals surface area (Å²) < 4.78 is 1.86. The minimum atomic E-state index is -0.118. The maximum absolute atomic E-state index is 12.3. The number of carbonyl (C=O) groups excluding carboxylic acids is 1. The summed E-state index contributed by atoms with van der Waals surface area (Å²) in [5.41, 5.74) is 4.59. The molecule has 2 amide bonds. The van der Waals surface area contributed by atoms with Crippen LogP contribution in [-0.4, -0.2) is 22.4 Å². The molecule has 3 rings (SSSR count). The lowest BCUT2D eigenvalue weighted by Gasteiger charge is -2.19. The first kappa shape index (κ1) is 16.6. The minimum absolute atomic E-state index is 0.0643. The molecule has 1 aliphatic rings. The highest BCUT2D eigenvalue weighted by atomic mass is 16.2. The first-order valence-corrected chi connectivity index (χ1v) is 8.53. The molecule has 128 valence electrons. The number of benzene rings is 1. The minimum Gasteiger partial charge on any atom is -0.337 e. The van der Waals surface area contributed by atoms with Crippen LogP contribution in [0.25, 0.3) is 0 Å². The van der Waals surface area contributed by atoms with E-state index >= 15 is 0 Å². The third-order valence-corrected chi connectivity index (χ3v) is 5.17. The Hall–Kier alpha value is -2.30. The average Bonchev–Trinajstić information content (AvgIpc) is 3.30. The second-order valence-electron chi connectivity index (χ2n) is 6.90. The van der Waals surface area contributed by atoms with Crippen molar-refractivity contribution in [2.75, 3.05) is 6.54 Å². The number of urea groups is 1. The molecule has 1 saturated carbocycles. The number of nitrogens with one attached hydrogen (secondary N) is 2. The summed E-state index contributed by atoms with van der Waals surface area (Å²) in [6.07, 6.45) is 2.27. The van der Waals surface area contributed by atoms with E-state index in [4.69, 9.17) is 0 Å². The molecule has 1 heterocycles. The van der Waals surface area contributed by atoms with E-state index in [-0.39, 0.29) is 17.5 Å². The van der Waals surface area contributed by atoms with Gasteiger partial charge in [0.1, 0.15) is 0 Å². The van der Waals surface area contributed by atoms with Gasteiger partial charge >= 0.3 is 6.03 Å². The number of hydrogen-bond acceptors (Lipinski definition) is 2. The van der Waals surface area contributed by atoms with Crippen LogP contribution in [0, 0.1) is 13.8 Å². The predicted molar refractivity (Wildman–Crippen MR) is 95.0 cm³/mol. The molecule has 24 heavy (non-hydrogen) atoms. The van der Waals surface area contributed by atoms with Crippen LogP contribution in [0.1, 0.15) is 48.3 Å². The van der Waals surface area contributed by atoms with Gasteiger partial charge in [-0.1, -0.05) is 30.3 Å². The van der Waals surface area contributed by atoms with Crippen LogP contribution in [0.15, 0.2) is 30.3 Å². The Labute approximate surface area is 143 Å². The van der Waals surface area contributed by atoms with E-state index in [1.807, 2.05) is 38.6 Å². The number of rotatable bonds is 5. The molecular formula is C19H26N4O. The highest BCUT2D eigenvalue weighted by molar-refractivity contribution is 5.74. The predicted octanol–water partition coefficient (Wildman–Crippen LogP) is 3.13. The Balaban J connectivity index is 1.58. The van der Waals surface area contributed by atoms with Gasteiger partial charge in [0, 0.05) is 30.3 Å². The van der Waals surface area contributed by atoms with Crippen LogP contribution < -0.4 is 10.6 Å². The van der Waals surface area contributed by atoms with Gasteiger partial charge in [-0.15, -0.1) is 0 Å². The van der Waals surface area contributed by atoms with Crippen LogP contribution in [0.2, 0.25) is 0 Å². The van der Waals surface area contributed by atoms with Gasteiger partial charge in [0.25, 0.3) is 0 Å². The van der Waals surface area contributed by atoms with E-state index in [1.54, 1.807) is 0 Å². The van der Waals surface area contributed by atoms with E-state index in [0.717, 1.165) is 29.8 Å². The number of aryl methyl sites for hydroxylation is 2. The van der Waals surface area contributed by atoms with Crippen molar-refractivity contribution < 1.29 is 4.79 Å². The van der Waals surface area contributed by atoms with Crippen molar-refractivity contribution in [3.05, 3.63) is 52.8 Å². The zero-order valence-corrected chi connectivity index (χ0v) is 14.9. The van der Waals surface area contributed by atoms with Crippen LogP contribution in [-0.2, 0) is 12.5 Å². The molecule has 1 aliphatic carbocycles. The second kappa shape index (κ2) is 6.30. The molecule has 2 aromatic rings. The molecule has 0 spiro atoms. The van der Waals surface area contributed by atoms with Crippen molar-refractivity contribution in [3.8, 4) is 0 Å². The average molecular weight is 326 g/mol. The van der Waals surface area contributed by atoms with Crippen LogP contribution in [0.3, 0.4) is 0 Å². The van der Waals surface area contributed by atoms with E-state index in [0.29, 0.717) is 6.54 Å². The van der Waals surface area contributed by atoms with Crippen molar-refractivity contribution >= 4 is 6.03 Å². The van der Waals surface area contributed by atoms with Crippen molar-refractivity contribution in [2.24, 2.45) is 7.05 Å². The summed E-state index contributed by atoms with van der Waals surface area (Å²) in [5, 5.41) is 10.5. The molecule has 1 fully saturated rings. The Morgan fingerprint density at radius 1 is 1.29 bits per heavy atom. The molecule has 0 radical (unpaired) electrons. The van der Waals surface area contributed by atoms with Gasteiger partial charge in [-0.25, -0.2) is 4.79 Å². The summed E-state index contributed by atoms with van der Waals surface area (Å²) in [6, 6.07) is 10.3.